The Labute approximate surface area is 174 Å². The fourth-order valence-electron chi connectivity index (χ4n) is 3.00. The molecule has 0 saturated heterocycles. The van der Waals surface area contributed by atoms with Crippen molar-refractivity contribution < 1.29 is 14.3 Å². The SMILES string of the molecule is CCCCCCCNCc1ccc(OCC(=O)Nc2ccc(C)cc2)c(OC)c1. The van der Waals surface area contributed by atoms with Crippen LogP contribution in [0.15, 0.2) is 42.5 Å². The van der Waals surface area contributed by atoms with E-state index in [9.17, 15) is 4.79 Å². The molecule has 0 saturated carbocycles. The molecule has 0 atom stereocenters. The molecule has 1 amide bonds. The first-order valence-electron chi connectivity index (χ1n) is 10.5. The van der Waals surface area contributed by atoms with Crippen LogP contribution in [-0.2, 0) is 11.3 Å². The van der Waals surface area contributed by atoms with Gasteiger partial charge in [-0.25, -0.2) is 0 Å². The molecule has 5 heteroatoms. The van der Waals surface area contributed by atoms with E-state index in [4.69, 9.17) is 9.47 Å². The lowest BCUT2D eigenvalue weighted by Crippen LogP contribution is -2.20. The maximum Gasteiger partial charge on any atom is 0.262 e. The predicted molar refractivity (Wildman–Crippen MR) is 119 cm³/mol. The summed E-state index contributed by atoms with van der Waals surface area (Å²) < 4.78 is 11.1. The number of amides is 1. The number of benzene rings is 2. The van der Waals surface area contributed by atoms with Crippen LogP contribution in [0.4, 0.5) is 5.69 Å². The monoisotopic (exact) mass is 398 g/mol. The summed E-state index contributed by atoms with van der Waals surface area (Å²) in [6.45, 7) is 5.98. The smallest absolute Gasteiger partial charge is 0.262 e. The first-order chi connectivity index (χ1) is 14.1. The van der Waals surface area contributed by atoms with Crippen LogP contribution >= 0.6 is 0 Å². The molecule has 2 aromatic carbocycles. The summed E-state index contributed by atoms with van der Waals surface area (Å²) in [6.07, 6.45) is 6.39. The zero-order chi connectivity index (χ0) is 20.9. The zero-order valence-corrected chi connectivity index (χ0v) is 17.9. The first-order valence-corrected chi connectivity index (χ1v) is 10.5. The van der Waals surface area contributed by atoms with Crippen molar-refractivity contribution in [2.24, 2.45) is 0 Å². The standard InChI is InChI=1S/C24H34N2O3/c1-4-5-6-7-8-15-25-17-20-11-14-22(23(16-20)28-3)29-18-24(27)26-21-12-9-19(2)10-13-21/h9-14,16,25H,4-8,15,17-18H2,1-3H3,(H,26,27). The van der Waals surface area contributed by atoms with E-state index in [0.29, 0.717) is 11.5 Å². The highest BCUT2D eigenvalue weighted by atomic mass is 16.5. The van der Waals surface area contributed by atoms with E-state index in [-0.39, 0.29) is 12.5 Å². The molecule has 2 N–H and O–H groups in total. The Balaban J connectivity index is 1.77. The van der Waals surface area contributed by atoms with E-state index in [1.165, 1.54) is 32.1 Å². The molecule has 5 nitrogen and oxygen atoms in total. The van der Waals surface area contributed by atoms with Gasteiger partial charge in [-0.2, -0.15) is 0 Å². The number of aryl methyl sites for hydroxylation is 1. The molecule has 29 heavy (non-hydrogen) atoms. The number of rotatable bonds is 13. The summed E-state index contributed by atoms with van der Waals surface area (Å²) in [5, 5.41) is 6.30. The van der Waals surface area contributed by atoms with Gasteiger partial charge in [-0.1, -0.05) is 56.4 Å². The molecule has 0 heterocycles. The molecule has 0 aliphatic heterocycles. The molecule has 0 radical (unpaired) electrons. The van der Waals surface area contributed by atoms with Crippen molar-refractivity contribution in [1.82, 2.24) is 5.32 Å². The highest BCUT2D eigenvalue weighted by Gasteiger charge is 2.09. The van der Waals surface area contributed by atoms with Crippen molar-refractivity contribution in [3.63, 3.8) is 0 Å². The lowest BCUT2D eigenvalue weighted by Gasteiger charge is -2.13. The number of ether oxygens (including phenoxy) is 2. The van der Waals surface area contributed by atoms with E-state index in [1.54, 1.807) is 7.11 Å². The number of carbonyl (C=O) groups excluding carboxylic acids is 1. The van der Waals surface area contributed by atoms with E-state index < -0.39 is 0 Å². The quantitative estimate of drug-likeness (QED) is 0.462. The summed E-state index contributed by atoms with van der Waals surface area (Å²) >= 11 is 0. The van der Waals surface area contributed by atoms with Gasteiger partial charge in [-0.15, -0.1) is 0 Å². The van der Waals surface area contributed by atoms with Gasteiger partial charge in [0.2, 0.25) is 0 Å². The summed E-state index contributed by atoms with van der Waals surface area (Å²) in [5.74, 6) is 0.995. The number of methoxy groups -OCH3 is 1. The summed E-state index contributed by atoms with van der Waals surface area (Å²) in [6, 6.07) is 13.5. The van der Waals surface area contributed by atoms with Crippen molar-refractivity contribution in [2.75, 3.05) is 25.6 Å². The number of unbranched alkanes of at least 4 members (excludes halogenated alkanes) is 4. The van der Waals surface area contributed by atoms with Crippen molar-refractivity contribution in [1.29, 1.82) is 0 Å². The second-order valence-corrected chi connectivity index (χ2v) is 7.28. The summed E-state index contributed by atoms with van der Waals surface area (Å²) in [4.78, 5) is 12.1. The maximum atomic E-state index is 12.1. The van der Waals surface area contributed by atoms with Crippen LogP contribution in [0.25, 0.3) is 0 Å². The van der Waals surface area contributed by atoms with Crippen molar-refractivity contribution >= 4 is 11.6 Å². The third-order valence-electron chi connectivity index (χ3n) is 4.71. The van der Waals surface area contributed by atoms with Crippen LogP contribution in [0.5, 0.6) is 11.5 Å². The van der Waals surface area contributed by atoms with Crippen LogP contribution in [0.1, 0.15) is 50.2 Å². The molecular formula is C24H34N2O3. The van der Waals surface area contributed by atoms with Crippen LogP contribution < -0.4 is 20.1 Å². The van der Waals surface area contributed by atoms with Gasteiger partial charge in [0.15, 0.2) is 18.1 Å². The topological polar surface area (TPSA) is 59.6 Å². The van der Waals surface area contributed by atoms with E-state index in [2.05, 4.69) is 17.6 Å². The summed E-state index contributed by atoms with van der Waals surface area (Å²) in [7, 11) is 1.61. The molecule has 0 unspecified atom stereocenters. The number of carbonyl (C=O) groups is 1. The number of hydrogen-bond acceptors (Lipinski definition) is 4. The van der Waals surface area contributed by atoms with Gasteiger partial charge in [-0.05, 0) is 49.7 Å². The largest absolute Gasteiger partial charge is 0.493 e. The van der Waals surface area contributed by atoms with Crippen LogP contribution in [0, 0.1) is 6.92 Å². The second-order valence-electron chi connectivity index (χ2n) is 7.28. The van der Waals surface area contributed by atoms with Crippen LogP contribution in [-0.4, -0.2) is 26.2 Å². The Bertz CT molecular complexity index is 744. The van der Waals surface area contributed by atoms with Gasteiger partial charge in [0.05, 0.1) is 7.11 Å². The Morgan fingerprint density at radius 3 is 2.45 bits per heavy atom. The van der Waals surface area contributed by atoms with Gasteiger partial charge < -0.3 is 20.1 Å². The third-order valence-corrected chi connectivity index (χ3v) is 4.71. The highest BCUT2D eigenvalue weighted by molar-refractivity contribution is 5.91. The van der Waals surface area contributed by atoms with E-state index >= 15 is 0 Å². The average molecular weight is 399 g/mol. The van der Waals surface area contributed by atoms with Crippen LogP contribution in [0.2, 0.25) is 0 Å². The lowest BCUT2D eigenvalue weighted by molar-refractivity contribution is -0.118. The normalized spacial score (nSPS) is 10.6. The van der Waals surface area contributed by atoms with Crippen molar-refractivity contribution in [3.05, 3.63) is 53.6 Å². The van der Waals surface area contributed by atoms with Gasteiger partial charge >= 0.3 is 0 Å². The van der Waals surface area contributed by atoms with Gasteiger partial charge in [0.1, 0.15) is 0 Å². The third kappa shape index (κ3) is 8.57. The van der Waals surface area contributed by atoms with Gasteiger partial charge in [0.25, 0.3) is 5.91 Å². The molecule has 0 aliphatic rings. The molecule has 0 aliphatic carbocycles. The maximum absolute atomic E-state index is 12.1. The number of hydrogen-bond donors (Lipinski definition) is 2. The van der Waals surface area contributed by atoms with E-state index in [0.717, 1.165) is 29.9 Å². The molecular weight excluding hydrogens is 364 g/mol. The predicted octanol–water partition coefficient (Wildman–Crippen LogP) is 5.08. The molecule has 0 bridgehead atoms. The number of nitrogens with one attached hydrogen (secondary N) is 2. The first kappa shape index (κ1) is 22.8. The lowest BCUT2D eigenvalue weighted by atomic mass is 10.1. The minimum Gasteiger partial charge on any atom is -0.493 e. The molecule has 2 aromatic rings. The minimum atomic E-state index is -0.204. The second kappa shape index (κ2) is 12.8. The Morgan fingerprint density at radius 2 is 1.72 bits per heavy atom. The van der Waals surface area contributed by atoms with Crippen molar-refractivity contribution in [2.45, 2.75) is 52.5 Å². The Hall–Kier alpha value is -2.53. The fourth-order valence-corrected chi connectivity index (χ4v) is 3.00. The molecule has 158 valence electrons. The Kier molecular flexibility index (Phi) is 10.1. The Morgan fingerprint density at radius 1 is 0.966 bits per heavy atom. The van der Waals surface area contributed by atoms with E-state index in [1.807, 2.05) is 49.4 Å². The molecule has 0 aromatic heterocycles. The highest BCUT2D eigenvalue weighted by Crippen LogP contribution is 2.28. The van der Waals surface area contributed by atoms with Crippen molar-refractivity contribution in [3.8, 4) is 11.5 Å². The van der Waals surface area contributed by atoms with Crippen LogP contribution in [0.3, 0.4) is 0 Å². The summed E-state index contributed by atoms with van der Waals surface area (Å²) in [5.41, 5.74) is 3.04. The minimum absolute atomic E-state index is 0.0698. The molecule has 0 spiro atoms. The van der Waals surface area contributed by atoms with Gasteiger partial charge in [0, 0.05) is 12.2 Å². The molecule has 0 fully saturated rings. The molecule has 2 rings (SSSR count). The number of anilines is 1. The fraction of sp³-hybridized carbons (Fsp3) is 0.458. The zero-order valence-electron chi connectivity index (χ0n) is 17.9. The average Bonchev–Trinajstić information content (AvgIpc) is 2.73. The van der Waals surface area contributed by atoms with Gasteiger partial charge in [-0.3, -0.25) is 4.79 Å².